The van der Waals surface area contributed by atoms with Gasteiger partial charge in [0.25, 0.3) is 0 Å². The molecule has 1 rings (SSSR count). The number of nitrogens with zero attached hydrogens (tertiary/aromatic N) is 1. The zero-order valence-electron chi connectivity index (χ0n) is 6.97. The van der Waals surface area contributed by atoms with E-state index in [2.05, 4.69) is 5.18 Å². The predicted octanol–water partition coefficient (Wildman–Crippen LogP) is 2.05. The van der Waals surface area contributed by atoms with Gasteiger partial charge in [0.15, 0.2) is 0 Å². The molecule has 4 nitrogen and oxygen atoms in total. The molecule has 0 amide bonds. The van der Waals surface area contributed by atoms with Gasteiger partial charge in [0.1, 0.15) is 17.7 Å². The molecule has 0 aliphatic rings. The summed E-state index contributed by atoms with van der Waals surface area (Å²) in [4.78, 5) is 20.0. The molecule has 0 atom stereocenters. The summed E-state index contributed by atoms with van der Waals surface area (Å²) >= 11 is 0. The highest BCUT2D eigenvalue weighted by atomic mass is 16.5. The lowest BCUT2D eigenvalue weighted by molar-refractivity contribution is -0.108. The minimum absolute atomic E-state index is 0.358. The Balaban J connectivity index is 2.48. The highest BCUT2D eigenvalue weighted by molar-refractivity contribution is 5.49. The summed E-state index contributed by atoms with van der Waals surface area (Å²) in [5.41, 5.74) is 0.364. The molecule has 68 valence electrons. The van der Waals surface area contributed by atoms with E-state index in [0.717, 1.165) is 6.29 Å². The fourth-order valence-electron chi connectivity index (χ4n) is 0.828. The summed E-state index contributed by atoms with van der Waals surface area (Å²) in [7, 11) is 0. The van der Waals surface area contributed by atoms with Gasteiger partial charge in [-0.2, -0.15) is 0 Å². The van der Waals surface area contributed by atoms with E-state index in [4.69, 9.17) is 4.74 Å². The molecule has 13 heavy (non-hydrogen) atoms. The maximum absolute atomic E-state index is 10.0. The number of hydrogen-bond donors (Lipinski definition) is 0. The molecule has 0 saturated heterocycles. The van der Waals surface area contributed by atoms with Crippen LogP contribution in [0, 0.1) is 4.91 Å². The van der Waals surface area contributed by atoms with Gasteiger partial charge < -0.3 is 9.53 Å². The minimum Gasteiger partial charge on any atom is -0.493 e. The van der Waals surface area contributed by atoms with Gasteiger partial charge in [-0.1, -0.05) is 0 Å². The van der Waals surface area contributed by atoms with Crippen LogP contribution in [0.3, 0.4) is 0 Å². The maximum Gasteiger partial charge on any atom is 0.123 e. The number of hydrogen-bond acceptors (Lipinski definition) is 4. The first-order chi connectivity index (χ1) is 6.36. The monoisotopic (exact) mass is 179 g/mol. The molecule has 0 bridgehead atoms. The third-order valence-electron chi connectivity index (χ3n) is 1.45. The lowest BCUT2D eigenvalue weighted by Gasteiger charge is -2.02. The average molecular weight is 179 g/mol. The van der Waals surface area contributed by atoms with Gasteiger partial charge >= 0.3 is 0 Å². The van der Waals surface area contributed by atoms with Gasteiger partial charge in [-0.05, 0) is 29.4 Å². The van der Waals surface area contributed by atoms with E-state index in [-0.39, 0.29) is 0 Å². The highest BCUT2D eigenvalue weighted by Gasteiger charge is 1.94. The first-order valence-corrected chi connectivity index (χ1v) is 3.86. The number of aldehydes is 1. The van der Waals surface area contributed by atoms with Gasteiger partial charge in [-0.15, -0.1) is 4.91 Å². The van der Waals surface area contributed by atoms with E-state index in [1.807, 2.05) is 0 Å². The smallest absolute Gasteiger partial charge is 0.123 e. The number of benzene rings is 1. The van der Waals surface area contributed by atoms with Gasteiger partial charge in [0, 0.05) is 6.42 Å². The maximum atomic E-state index is 10.0. The van der Waals surface area contributed by atoms with E-state index >= 15 is 0 Å². The fraction of sp³-hybridized carbons (Fsp3) is 0.222. The van der Waals surface area contributed by atoms with Crippen LogP contribution in [0.5, 0.6) is 5.75 Å². The molecule has 0 fully saturated rings. The summed E-state index contributed by atoms with van der Waals surface area (Å²) in [6.07, 6.45) is 1.16. The van der Waals surface area contributed by atoms with E-state index in [9.17, 15) is 9.70 Å². The first-order valence-electron chi connectivity index (χ1n) is 3.86. The van der Waals surface area contributed by atoms with Crippen molar-refractivity contribution in [2.45, 2.75) is 6.42 Å². The van der Waals surface area contributed by atoms with Crippen LogP contribution in [-0.4, -0.2) is 12.9 Å². The molecular formula is C9H9NO3. The van der Waals surface area contributed by atoms with E-state index in [1.54, 1.807) is 24.3 Å². The Labute approximate surface area is 75.5 Å². The van der Waals surface area contributed by atoms with Crippen LogP contribution in [0.15, 0.2) is 29.4 Å². The van der Waals surface area contributed by atoms with Gasteiger partial charge in [-0.3, -0.25) is 0 Å². The molecular weight excluding hydrogens is 170 g/mol. The van der Waals surface area contributed by atoms with Crippen molar-refractivity contribution < 1.29 is 9.53 Å². The van der Waals surface area contributed by atoms with Crippen LogP contribution in [0.2, 0.25) is 0 Å². The highest BCUT2D eigenvalue weighted by Crippen LogP contribution is 2.17. The van der Waals surface area contributed by atoms with Crippen molar-refractivity contribution in [2.24, 2.45) is 5.18 Å². The van der Waals surface area contributed by atoms with Crippen molar-refractivity contribution in [2.75, 3.05) is 6.61 Å². The Morgan fingerprint density at radius 2 is 2.00 bits per heavy atom. The molecule has 0 heterocycles. The lowest BCUT2D eigenvalue weighted by atomic mass is 10.3. The molecule has 4 heteroatoms. The quantitative estimate of drug-likeness (QED) is 0.395. The second kappa shape index (κ2) is 5.03. The molecule has 1 aromatic rings. The molecule has 0 N–H and O–H groups in total. The van der Waals surface area contributed by atoms with Gasteiger partial charge in [-0.25, -0.2) is 0 Å². The largest absolute Gasteiger partial charge is 0.493 e. The SMILES string of the molecule is O=CCCOc1ccc(N=O)cc1. The van der Waals surface area contributed by atoms with Crippen LogP contribution in [-0.2, 0) is 4.79 Å². The summed E-state index contributed by atoms with van der Waals surface area (Å²) in [5, 5.41) is 2.75. The first kappa shape index (κ1) is 9.38. The molecule has 0 aliphatic carbocycles. The number of ether oxygens (including phenoxy) is 1. The molecule has 0 aliphatic heterocycles. The number of carbonyl (C=O) groups is 1. The zero-order chi connectivity index (χ0) is 9.52. The van der Waals surface area contributed by atoms with Crippen molar-refractivity contribution in [1.82, 2.24) is 0 Å². The van der Waals surface area contributed by atoms with Crippen LogP contribution in [0.25, 0.3) is 0 Å². The Hall–Kier alpha value is -1.71. The standard InChI is InChI=1S/C9H9NO3/c11-6-1-7-13-9-4-2-8(10-12)3-5-9/h2-6H,1,7H2. The van der Waals surface area contributed by atoms with Gasteiger partial charge in [0.2, 0.25) is 0 Å². The number of nitroso groups, excluding NO2 is 1. The summed E-state index contributed by atoms with van der Waals surface area (Å²) in [6.45, 7) is 0.358. The normalized spacial score (nSPS) is 9.23. The molecule has 0 saturated carbocycles. The van der Waals surface area contributed by atoms with Crippen molar-refractivity contribution >= 4 is 12.0 Å². The van der Waals surface area contributed by atoms with Crippen molar-refractivity contribution in [1.29, 1.82) is 0 Å². The molecule has 1 aromatic carbocycles. The van der Waals surface area contributed by atoms with Crippen LogP contribution in [0.1, 0.15) is 6.42 Å². The third kappa shape index (κ3) is 3.02. The molecule has 0 aromatic heterocycles. The van der Waals surface area contributed by atoms with Crippen LogP contribution in [0.4, 0.5) is 5.69 Å². The summed E-state index contributed by atoms with van der Waals surface area (Å²) < 4.78 is 5.17. The Kier molecular flexibility index (Phi) is 3.63. The van der Waals surface area contributed by atoms with E-state index < -0.39 is 0 Å². The van der Waals surface area contributed by atoms with E-state index in [1.165, 1.54) is 0 Å². The van der Waals surface area contributed by atoms with Crippen molar-refractivity contribution in [3.63, 3.8) is 0 Å². The molecule has 0 unspecified atom stereocenters. The zero-order valence-corrected chi connectivity index (χ0v) is 6.97. The third-order valence-corrected chi connectivity index (χ3v) is 1.45. The molecule has 0 spiro atoms. The number of carbonyl (C=O) groups excluding carboxylic acids is 1. The Bertz CT molecular complexity index is 281. The number of rotatable bonds is 5. The predicted molar refractivity (Wildman–Crippen MR) is 48.1 cm³/mol. The topological polar surface area (TPSA) is 55.7 Å². The fourth-order valence-corrected chi connectivity index (χ4v) is 0.828. The van der Waals surface area contributed by atoms with Crippen LogP contribution >= 0.6 is 0 Å². The molecule has 0 radical (unpaired) electrons. The summed E-state index contributed by atoms with van der Waals surface area (Å²) in [6, 6.07) is 6.40. The Morgan fingerprint density at radius 1 is 1.31 bits per heavy atom. The summed E-state index contributed by atoms with van der Waals surface area (Å²) in [5.74, 6) is 0.634. The van der Waals surface area contributed by atoms with Gasteiger partial charge in [0.05, 0.1) is 6.61 Å². The second-order valence-corrected chi connectivity index (χ2v) is 2.39. The van der Waals surface area contributed by atoms with Crippen molar-refractivity contribution in [3.05, 3.63) is 29.2 Å². The van der Waals surface area contributed by atoms with Crippen molar-refractivity contribution in [3.8, 4) is 5.75 Å². The van der Waals surface area contributed by atoms with E-state index in [0.29, 0.717) is 24.5 Å². The minimum atomic E-state index is 0.358. The Morgan fingerprint density at radius 3 is 2.54 bits per heavy atom. The lowest BCUT2D eigenvalue weighted by Crippen LogP contribution is -1.96. The average Bonchev–Trinajstić information content (AvgIpc) is 2.19. The van der Waals surface area contributed by atoms with Crippen LogP contribution < -0.4 is 4.74 Å². The second-order valence-electron chi connectivity index (χ2n) is 2.39.